The SMILES string of the molecule is COC(=O)c1cc(S(=O)(=O)N(C)C)c(Br)cc1OC. The largest absolute Gasteiger partial charge is 0.496 e. The Balaban J connectivity index is 3.57. The van der Waals surface area contributed by atoms with Crippen LogP contribution in [0.5, 0.6) is 5.75 Å². The molecular formula is C11H14BrNO5S. The highest BCUT2D eigenvalue weighted by molar-refractivity contribution is 9.10. The van der Waals surface area contributed by atoms with Crippen molar-refractivity contribution in [3.63, 3.8) is 0 Å². The second-order valence-corrected chi connectivity index (χ2v) is 6.74. The van der Waals surface area contributed by atoms with Crippen LogP contribution in [0.25, 0.3) is 0 Å². The van der Waals surface area contributed by atoms with Crippen LogP contribution < -0.4 is 4.74 Å². The van der Waals surface area contributed by atoms with Crippen LogP contribution in [0, 0.1) is 0 Å². The van der Waals surface area contributed by atoms with Gasteiger partial charge >= 0.3 is 5.97 Å². The average molecular weight is 352 g/mol. The predicted molar refractivity (Wildman–Crippen MR) is 72.9 cm³/mol. The summed E-state index contributed by atoms with van der Waals surface area (Å²) in [6.45, 7) is 0. The van der Waals surface area contributed by atoms with Gasteiger partial charge in [-0.1, -0.05) is 0 Å². The lowest BCUT2D eigenvalue weighted by atomic mass is 10.2. The number of esters is 1. The minimum Gasteiger partial charge on any atom is -0.496 e. The second-order valence-electron chi connectivity index (χ2n) is 3.76. The predicted octanol–water partition coefficient (Wildman–Crippen LogP) is 1.49. The van der Waals surface area contributed by atoms with Crippen LogP contribution in [0.15, 0.2) is 21.5 Å². The van der Waals surface area contributed by atoms with Crippen LogP contribution in [0.4, 0.5) is 0 Å². The summed E-state index contributed by atoms with van der Waals surface area (Å²) >= 11 is 3.16. The zero-order chi connectivity index (χ0) is 14.8. The van der Waals surface area contributed by atoms with Gasteiger partial charge in [-0.2, -0.15) is 0 Å². The molecule has 19 heavy (non-hydrogen) atoms. The minimum atomic E-state index is -3.67. The zero-order valence-corrected chi connectivity index (χ0v) is 13.3. The zero-order valence-electron chi connectivity index (χ0n) is 10.9. The fourth-order valence-corrected chi connectivity index (χ4v) is 3.27. The van der Waals surface area contributed by atoms with Crippen molar-refractivity contribution < 1.29 is 22.7 Å². The molecule has 0 aliphatic carbocycles. The van der Waals surface area contributed by atoms with Crippen LogP contribution in [-0.2, 0) is 14.8 Å². The topological polar surface area (TPSA) is 72.9 Å². The molecule has 0 fully saturated rings. The van der Waals surface area contributed by atoms with E-state index in [4.69, 9.17) is 4.74 Å². The van der Waals surface area contributed by atoms with Gasteiger partial charge in [-0.25, -0.2) is 17.5 Å². The molecule has 106 valence electrons. The van der Waals surface area contributed by atoms with Gasteiger partial charge in [-0.3, -0.25) is 0 Å². The highest BCUT2D eigenvalue weighted by Gasteiger charge is 2.25. The molecule has 0 bridgehead atoms. The van der Waals surface area contributed by atoms with Gasteiger partial charge < -0.3 is 9.47 Å². The molecule has 0 spiro atoms. The smallest absolute Gasteiger partial charge is 0.341 e. The highest BCUT2D eigenvalue weighted by Crippen LogP contribution is 2.32. The van der Waals surface area contributed by atoms with Crippen molar-refractivity contribution in [1.29, 1.82) is 0 Å². The summed E-state index contributed by atoms with van der Waals surface area (Å²) in [4.78, 5) is 11.6. The summed E-state index contributed by atoms with van der Waals surface area (Å²) in [6, 6.07) is 2.65. The number of ether oxygens (including phenoxy) is 2. The number of sulfonamides is 1. The van der Waals surface area contributed by atoms with E-state index in [9.17, 15) is 13.2 Å². The van der Waals surface area contributed by atoms with E-state index in [-0.39, 0.29) is 16.2 Å². The van der Waals surface area contributed by atoms with Crippen molar-refractivity contribution in [3.05, 3.63) is 22.2 Å². The molecule has 0 radical (unpaired) electrons. The van der Waals surface area contributed by atoms with Gasteiger partial charge in [0.15, 0.2) is 0 Å². The monoisotopic (exact) mass is 351 g/mol. The third-order valence-corrected chi connectivity index (χ3v) is 5.19. The first-order valence-corrected chi connectivity index (χ1v) is 7.37. The van der Waals surface area contributed by atoms with Gasteiger partial charge in [0.1, 0.15) is 11.3 Å². The molecule has 6 nitrogen and oxygen atoms in total. The van der Waals surface area contributed by atoms with Crippen LogP contribution in [0.3, 0.4) is 0 Å². The number of benzene rings is 1. The molecule has 0 saturated carbocycles. The van der Waals surface area contributed by atoms with E-state index in [1.807, 2.05) is 0 Å². The highest BCUT2D eigenvalue weighted by atomic mass is 79.9. The molecular weight excluding hydrogens is 338 g/mol. The van der Waals surface area contributed by atoms with Crippen molar-refractivity contribution in [2.24, 2.45) is 0 Å². The van der Waals surface area contributed by atoms with Gasteiger partial charge in [0.05, 0.1) is 19.1 Å². The summed E-state index contributed by atoms with van der Waals surface area (Å²) in [7, 11) is 1.73. The molecule has 0 saturated heterocycles. The van der Waals surface area contributed by atoms with Gasteiger partial charge in [-0.05, 0) is 28.1 Å². The molecule has 0 heterocycles. The first-order chi connectivity index (χ1) is 8.75. The van der Waals surface area contributed by atoms with E-state index in [1.165, 1.54) is 40.4 Å². The Morgan fingerprint density at radius 2 is 1.84 bits per heavy atom. The molecule has 0 atom stereocenters. The Morgan fingerprint density at radius 1 is 1.26 bits per heavy atom. The number of hydrogen-bond donors (Lipinski definition) is 0. The molecule has 1 aromatic rings. The van der Waals surface area contributed by atoms with Gasteiger partial charge in [-0.15, -0.1) is 0 Å². The first kappa shape index (κ1) is 15.9. The molecule has 0 aliphatic heterocycles. The Labute approximate surface area is 120 Å². The van der Waals surface area contributed by atoms with Gasteiger partial charge in [0, 0.05) is 18.6 Å². The maximum Gasteiger partial charge on any atom is 0.341 e. The summed E-state index contributed by atoms with van der Waals surface area (Å²) < 4.78 is 35.2. The van der Waals surface area contributed by atoms with Crippen LogP contribution in [0.1, 0.15) is 10.4 Å². The third-order valence-electron chi connectivity index (χ3n) is 2.42. The van der Waals surface area contributed by atoms with Gasteiger partial charge in [0.2, 0.25) is 10.0 Å². The number of methoxy groups -OCH3 is 2. The Morgan fingerprint density at radius 3 is 2.26 bits per heavy atom. The summed E-state index contributed by atoms with van der Waals surface area (Å²) in [6.07, 6.45) is 0. The third kappa shape index (κ3) is 3.07. The molecule has 0 aliphatic rings. The molecule has 1 rings (SSSR count). The van der Waals surface area contributed by atoms with Gasteiger partial charge in [0.25, 0.3) is 0 Å². The molecule has 0 amide bonds. The van der Waals surface area contributed by atoms with Crippen molar-refractivity contribution in [1.82, 2.24) is 4.31 Å². The number of carbonyl (C=O) groups is 1. The van der Waals surface area contributed by atoms with E-state index in [0.717, 1.165) is 4.31 Å². The maximum absolute atomic E-state index is 12.1. The molecule has 0 aromatic heterocycles. The van der Waals surface area contributed by atoms with E-state index in [0.29, 0.717) is 4.47 Å². The number of carbonyl (C=O) groups excluding carboxylic acids is 1. The van der Waals surface area contributed by atoms with Crippen molar-refractivity contribution in [2.45, 2.75) is 4.90 Å². The van der Waals surface area contributed by atoms with Crippen molar-refractivity contribution >= 4 is 31.9 Å². The summed E-state index contributed by atoms with van der Waals surface area (Å²) in [5.41, 5.74) is 0.0497. The number of halogens is 1. The number of hydrogen-bond acceptors (Lipinski definition) is 5. The second kappa shape index (κ2) is 5.89. The fourth-order valence-electron chi connectivity index (χ4n) is 1.37. The van der Waals surface area contributed by atoms with E-state index >= 15 is 0 Å². The number of rotatable bonds is 4. The Hall–Kier alpha value is -1.12. The summed E-state index contributed by atoms with van der Waals surface area (Å²) in [5.74, 6) is -0.434. The molecule has 0 unspecified atom stereocenters. The van der Waals surface area contributed by atoms with Crippen molar-refractivity contribution in [3.8, 4) is 5.75 Å². The van der Waals surface area contributed by atoms with E-state index < -0.39 is 16.0 Å². The molecule has 1 aromatic carbocycles. The van der Waals surface area contributed by atoms with E-state index in [1.54, 1.807) is 0 Å². The lowest BCUT2D eigenvalue weighted by Crippen LogP contribution is -2.23. The minimum absolute atomic E-state index is 0.0290. The Bertz CT molecular complexity index is 597. The summed E-state index contributed by atoms with van der Waals surface area (Å²) in [5, 5.41) is 0. The van der Waals surface area contributed by atoms with Crippen molar-refractivity contribution in [2.75, 3.05) is 28.3 Å². The quantitative estimate of drug-likeness (QED) is 0.768. The Kier molecular flexibility index (Phi) is 4.94. The van der Waals surface area contributed by atoms with Crippen LogP contribution in [-0.4, -0.2) is 47.0 Å². The standard InChI is InChI=1S/C11H14BrNO5S/c1-13(2)19(15,16)10-5-7(11(14)18-4)9(17-3)6-8(10)12/h5-6H,1-4H3. The van der Waals surface area contributed by atoms with Crippen LogP contribution >= 0.6 is 15.9 Å². The number of nitrogens with zero attached hydrogens (tertiary/aromatic N) is 1. The average Bonchev–Trinajstić information content (AvgIpc) is 2.36. The maximum atomic E-state index is 12.1. The first-order valence-electron chi connectivity index (χ1n) is 5.14. The molecule has 8 heteroatoms. The molecule has 0 N–H and O–H groups in total. The van der Waals surface area contributed by atoms with Crippen LogP contribution in [0.2, 0.25) is 0 Å². The lowest BCUT2D eigenvalue weighted by Gasteiger charge is -2.15. The van der Waals surface area contributed by atoms with E-state index in [2.05, 4.69) is 20.7 Å². The normalized spacial score (nSPS) is 11.5. The lowest BCUT2D eigenvalue weighted by molar-refractivity contribution is 0.0596. The fraction of sp³-hybridized carbons (Fsp3) is 0.364.